The summed E-state index contributed by atoms with van der Waals surface area (Å²) in [6.45, 7) is 9.46. The van der Waals surface area contributed by atoms with Gasteiger partial charge in [-0.1, -0.05) is 26.8 Å². The Balaban J connectivity index is 2.46. The second-order valence-electron chi connectivity index (χ2n) is 5.60. The molecule has 3 heteroatoms. The molecular weight excluding hydrogens is 212 g/mol. The van der Waals surface area contributed by atoms with Crippen molar-refractivity contribution in [3.63, 3.8) is 0 Å². The highest BCUT2D eigenvalue weighted by atomic mass is 16.5. The quantitative estimate of drug-likeness (QED) is 0.852. The zero-order valence-electron chi connectivity index (χ0n) is 11.6. The number of hydrogen-bond acceptors (Lipinski definition) is 3. The Morgan fingerprint density at radius 2 is 2.06 bits per heavy atom. The normalized spacial score (nSPS) is 13.5. The predicted octanol–water partition coefficient (Wildman–Crippen LogP) is 3.18. The molecule has 1 N–H and O–H groups in total. The Morgan fingerprint density at radius 3 is 2.53 bits per heavy atom. The van der Waals surface area contributed by atoms with E-state index in [1.807, 2.05) is 19.3 Å². The Bertz CT molecular complexity index is 327. The van der Waals surface area contributed by atoms with Crippen LogP contribution in [0.25, 0.3) is 0 Å². The fourth-order valence-corrected chi connectivity index (χ4v) is 1.36. The van der Waals surface area contributed by atoms with Gasteiger partial charge in [-0.3, -0.25) is 0 Å². The van der Waals surface area contributed by atoms with Gasteiger partial charge >= 0.3 is 0 Å². The molecule has 17 heavy (non-hydrogen) atoms. The second-order valence-corrected chi connectivity index (χ2v) is 5.60. The van der Waals surface area contributed by atoms with Crippen molar-refractivity contribution in [3.05, 3.63) is 23.9 Å². The summed E-state index contributed by atoms with van der Waals surface area (Å²) in [5.74, 6) is 0.710. The van der Waals surface area contributed by atoms with Crippen molar-refractivity contribution < 1.29 is 4.74 Å². The van der Waals surface area contributed by atoms with Crippen molar-refractivity contribution in [2.75, 3.05) is 13.7 Å². The fourth-order valence-electron chi connectivity index (χ4n) is 1.36. The molecule has 96 valence electrons. The number of aromatic nitrogens is 1. The van der Waals surface area contributed by atoms with Crippen molar-refractivity contribution in [1.29, 1.82) is 0 Å². The number of pyridine rings is 1. The molecule has 1 unspecified atom stereocenters. The number of nitrogens with zero attached hydrogens (tertiary/aromatic N) is 1. The van der Waals surface area contributed by atoms with Crippen molar-refractivity contribution in [3.8, 4) is 5.88 Å². The van der Waals surface area contributed by atoms with Crippen LogP contribution in [0, 0.1) is 5.41 Å². The lowest BCUT2D eigenvalue weighted by atomic mass is 9.93. The number of hydrogen-bond donors (Lipinski definition) is 1. The highest BCUT2D eigenvalue weighted by Gasteiger charge is 2.10. The first-order valence-electron chi connectivity index (χ1n) is 6.18. The van der Waals surface area contributed by atoms with Gasteiger partial charge in [0.25, 0.3) is 0 Å². The first kappa shape index (κ1) is 14.0. The van der Waals surface area contributed by atoms with Crippen LogP contribution in [0.15, 0.2) is 18.3 Å². The maximum atomic E-state index is 5.62. The third-order valence-corrected chi connectivity index (χ3v) is 2.79. The number of rotatable bonds is 5. The molecule has 0 bridgehead atoms. The first-order valence-corrected chi connectivity index (χ1v) is 6.18. The van der Waals surface area contributed by atoms with Crippen LogP contribution < -0.4 is 10.1 Å². The second kappa shape index (κ2) is 6.01. The topological polar surface area (TPSA) is 34.1 Å². The van der Waals surface area contributed by atoms with Gasteiger partial charge in [0.2, 0.25) is 5.88 Å². The molecule has 0 saturated carbocycles. The average Bonchev–Trinajstić information content (AvgIpc) is 2.27. The van der Waals surface area contributed by atoms with Gasteiger partial charge in [-0.15, -0.1) is 0 Å². The van der Waals surface area contributed by atoms with Crippen LogP contribution in [-0.4, -0.2) is 18.6 Å². The van der Waals surface area contributed by atoms with Crippen molar-refractivity contribution in [2.24, 2.45) is 5.41 Å². The molecule has 0 aliphatic heterocycles. The fraction of sp³-hybridized carbons (Fsp3) is 0.643. The van der Waals surface area contributed by atoms with E-state index in [1.165, 1.54) is 5.56 Å². The van der Waals surface area contributed by atoms with Gasteiger partial charge in [0.1, 0.15) is 0 Å². The summed E-state index contributed by atoms with van der Waals surface area (Å²) in [6.07, 6.45) is 2.90. The van der Waals surface area contributed by atoms with Gasteiger partial charge in [0.05, 0.1) is 6.61 Å². The molecule has 1 rings (SSSR count). The van der Waals surface area contributed by atoms with Crippen LogP contribution >= 0.6 is 0 Å². The molecule has 0 saturated heterocycles. The lowest BCUT2D eigenvalue weighted by molar-refractivity contribution is 0.236. The molecule has 0 amide bonds. The summed E-state index contributed by atoms with van der Waals surface area (Å²) in [7, 11) is 1.94. The zero-order chi connectivity index (χ0) is 12.9. The first-order chi connectivity index (χ1) is 7.92. The average molecular weight is 236 g/mol. The standard InChI is InChI=1S/C14H24N2O/c1-11(15-5)12-6-7-13(16-10-12)17-9-8-14(2,3)4/h6-7,10-11,15H,8-9H2,1-5H3. The van der Waals surface area contributed by atoms with Gasteiger partial charge in [-0.2, -0.15) is 0 Å². The maximum Gasteiger partial charge on any atom is 0.213 e. The van der Waals surface area contributed by atoms with E-state index >= 15 is 0 Å². The van der Waals surface area contributed by atoms with Gasteiger partial charge in [-0.05, 0) is 31.4 Å². The summed E-state index contributed by atoms with van der Waals surface area (Å²) in [4.78, 5) is 4.31. The molecule has 1 atom stereocenters. The van der Waals surface area contributed by atoms with Gasteiger partial charge in [-0.25, -0.2) is 4.98 Å². The van der Waals surface area contributed by atoms with Crippen LogP contribution in [0.4, 0.5) is 0 Å². The molecule has 0 fully saturated rings. The molecule has 1 aromatic heterocycles. The summed E-state index contributed by atoms with van der Waals surface area (Å²) in [5.41, 5.74) is 1.48. The Hall–Kier alpha value is -1.09. The highest BCUT2D eigenvalue weighted by molar-refractivity contribution is 5.20. The number of nitrogens with one attached hydrogen (secondary N) is 1. The van der Waals surface area contributed by atoms with Crippen molar-refractivity contribution >= 4 is 0 Å². The Labute approximate surface area is 105 Å². The lowest BCUT2D eigenvalue weighted by Crippen LogP contribution is -2.13. The molecule has 0 aromatic carbocycles. The smallest absolute Gasteiger partial charge is 0.213 e. The molecule has 1 aromatic rings. The summed E-state index contributed by atoms with van der Waals surface area (Å²) >= 11 is 0. The molecular formula is C14H24N2O. The minimum absolute atomic E-state index is 0.306. The molecule has 0 aliphatic carbocycles. The SMILES string of the molecule is CNC(C)c1ccc(OCCC(C)(C)C)nc1. The van der Waals surface area contributed by atoms with E-state index in [-0.39, 0.29) is 0 Å². The molecule has 0 spiro atoms. The Morgan fingerprint density at radius 1 is 1.35 bits per heavy atom. The Kier molecular flexibility index (Phi) is 4.94. The molecule has 1 heterocycles. The minimum atomic E-state index is 0.306. The van der Waals surface area contributed by atoms with E-state index in [9.17, 15) is 0 Å². The highest BCUT2D eigenvalue weighted by Crippen LogP contribution is 2.19. The minimum Gasteiger partial charge on any atom is -0.478 e. The maximum absolute atomic E-state index is 5.62. The number of ether oxygens (including phenoxy) is 1. The largest absolute Gasteiger partial charge is 0.478 e. The van der Waals surface area contributed by atoms with E-state index in [0.29, 0.717) is 17.3 Å². The van der Waals surface area contributed by atoms with E-state index in [1.54, 1.807) is 0 Å². The third kappa shape index (κ3) is 5.18. The summed E-state index contributed by atoms with van der Waals surface area (Å²) < 4.78 is 5.62. The molecule has 0 aliphatic rings. The van der Waals surface area contributed by atoms with Crippen LogP contribution in [0.5, 0.6) is 5.88 Å². The molecule has 3 nitrogen and oxygen atoms in total. The van der Waals surface area contributed by atoms with Crippen LogP contribution in [0.3, 0.4) is 0 Å². The third-order valence-electron chi connectivity index (χ3n) is 2.79. The van der Waals surface area contributed by atoms with Crippen LogP contribution in [0.1, 0.15) is 45.7 Å². The zero-order valence-corrected chi connectivity index (χ0v) is 11.6. The lowest BCUT2D eigenvalue weighted by Gasteiger charge is -2.18. The van der Waals surface area contributed by atoms with Crippen LogP contribution in [-0.2, 0) is 0 Å². The molecule has 0 radical (unpaired) electrons. The van der Waals surface area contributed by atoms with Gasteiger partial charge in [0, 0.05) is 18.3 Å². The van der Waals surface area contributed by atoms with Crippen LogP contribution in [0.2, 0.25) is 0 Å². The van der Waals surface area contributed by atoms with E-state index < -0.39 is 0 Å². The monoisotopic (exact) mass is 236 g/mol. The van der Waals surface area contributed by atoms with Gasteiger partial charge < -0.3 is 10.1 Å². The van der Waals surface area contributed by atoms with Crippen molar-refractivity contribution in [2.45, 2.75) is 40.2 Å². The van der Waals surface area contributed by atoms with E-state index in [0.717, 1.165) is 13.0 Å². The summed E-state index contributed by atoms with van der Waals surface area (Å²) in [6, 6.07) is 4.32. The van der Waals surface area contributed by atoms with E-state index in [2.05, 4.69) is 44.1 Å². The van der Waals surface area contributed by atoms with Crippen molar-refractivity contribution in [1.82, 2.24) is 10.3 Å². The van der Waals surface area contributed by atoms with E-state index in [4.69, 9.17) is 4.74 Å². The van der Waals surface area contributed by atoms with Gasteiger partial charge in [0.15, 0.2) is 0 Å². The summed E-state index contributed by atoms with van der Waals surface area (Å²) in [5, 5.41) is 3.18. The predicted molar refractivity (Wildman–Crippen MR) is 71.3 cm³/mol.